The van der Waals surface area contributed by atoms with Crippen molar-refractivity contribution in [3.05, 3.63) is 64.7 Å². The minimum Gasteiger partial charge on any atom is -0.322 e. The molecule has 0 atom stereocenters. The van der Waals surface area contributed by atoms with Crippen molar-refractivity contribution >= 4 is 29.0 Å². The Hall–Kier alpha value is -2.13. The summed E-state index contributed by atoms with van der Waals surface area (Å²) in [6.07, 6.45) is 0. The van der Waals surface area contributed by atoms with Crippen LogP contribution in [0, 0.1) is 0 Å². The average molecular weight is 274 g/mol. The summed E-state index contributed by atoms with van der Waals surface area (Å²) >= 11 is 5.83. The molecule has 0 aliphatic rings. The van der Waals surface area contributed by atoms with Crippen LogP contribution in [0.25, 0.3) is 0 Å². The SMILES string of the molecule is CC(=O)c1ccc(NC(=O)c2cccc(Cl)c2)cc1. The number of halogens is 1. The Kier molecular flexibility index (Phi) is 3.97. The molecule has 2 rings (SSSR count). The summed E-state index contributed by atoms with van der Waals surface area (Å²) in [6, 6.07) is 13.5. The number of carbonyl (C=O) groups is 2. The van der Waals surface area contributed by atoms with Gasteiger partial charge in [0.1, 0.15) is 0 Å². The number of hydrogen-bond acceptors (Lipinski definition) is 2. The zero-order valence-electron chi connectivity index (χ0n) is 10.3. The van der Waals surface area contributed by atoms with E-state index in [9.17, 15) is 9.59 Å². The Bertz CT molecular complexity index is 620. The zero-order valence-corrected chi connectivity index (χ0v) is 11.1. The molecule has 0 aliphatic heterocycles. The topological polar surface area (TPSA) is 46.2 Å². The number of anilines is 1. The number of Topliss-reactive ketones (excluding diaryl/α,β-unsaturated/α-hetero) is 1. The second kappa shape index (κ2) is 5.67. The molecule has 1 amide bonds. The predicted molar refractivity (Wildman–Crippen MR) is 75.9 cm³/mol. The lowest BCUT2D eigenvalue weighted by Crippen LogP contribution is -2.11. The number of amides is 1. The van der Waals surface area contributed by atoms with Crippen LogP contribution < -0.4 is 5.32 Å². The van der Waals surface area contributed by atoms with Crippen LogP contribution in [-0.2, 0) is 0 Å². The number of rotatable bonds is 3. The molecule has 0 spiro atoms. The van der Waals surface area contributed by atoms with Crippen LogP contribution in [0.2, 0.25) is 5.02 Å². The molecule has 2 aromatic rings. The Morgan fingerprint density at radius 2 is 1.68 bits per heavy atom. The van der Waals surface area contributed by atoms with Gasteiger partial charge in [0.15, 0.2) is 5.78 Å². The molecule has 96 valence electrons. The molecule has 0 bridgehead atoms. The lowest BCUT2D eigenvalue weighted by atomic mass is 10.1. The van der Waals surface area contributed by atoms with Gasteiger partial charge < -0.3 is 5.32 Å². The van der Waals surface area contributed by atoms with Crippen molar-refractivity contribution in [1.29, 1.82) is 0 Å². The van der Waals surface area contributed by atoms with E-state index in [1.807, 2.05) is 0 Å². The van der Waals surface area contributed by atoms with Gasteiger partial charge >= 0.3 is 0 Å². The largest absolute Gasteiger partial charge is 0.322 e. The van der Waals surface area contributed by atoms with E-state index in [0.29, 0.717) is 21.8 Å². The van der Waals surface area contributed by atoms with Crippen LogP contribution in [0.15, 0.2) is 48.5 Å². The lowest BCUT2D eigenvalue weighted by Gasteiger charge is -2.06. The first kappa shape index (κ1) is 13.3. The van der Waals surface area contributed by atoms with Gasteiger partial charge in [0, 0.05) is 21.8 Å². The van der Waals surface area contributed by atoms with E-state index in [1.165, 1.54) is 6.92 Å². The second-order valence-corrected chi connectivity index (χ2v) is 4.53. The van der Waals surface area contributed by atoms with Crippen molar-refractivity contribution in [2.24, 2.45) is 0 Å². The van der Waals surface area contributed by atoms with E-state index >= 15 is 0 Å². The van der Waals surface area contributed by atoms with E-state index in [1.54, 1.807) is 48.5 Å². The summed E-state index contributed by atoms with van der Waals surface area (Å²) in [7, 11) is 0. The van der Waals surface area contributed by atoms with Crippen LogP contribution in [0.1, 0.15) is 27.6 Å². The standard InChI is InChI=1S/C15H12ClNO2/c1-10(18)11-5-7-14(8-6-11)17-15(19)12-3-2-4-13(16)9-12/h2-9H,1H3,(H,17,19). The number of nitrogens with one attached hydrogen (secondary N) is 1. The van der Waals surface area contributed by atoms with Gasteiger partial charge in [0.2, 0.25) is 0 Å². The Balaban J connectivity index is 2.13. The van der Waals surface area contributed by atoms with Gasteiger partial charge in [-0.2, -0.15) is 0 Å². The molecule has 0 heterocycles. The Morgan fingerprint density at radius 3 is 2.26 bits per heavy atom. The van der Waals surface area contributed by atoms with Gasteiger partial charge in [-0.15, -0.1) is 0 Å². The van der Waals surface area contributed by atoms with Gasteiger partial charge in [0.25, 0.3) is 5.91 Å². The smallest absolute Gasteiger partial charge is 0.255 e. The highest BCUT2D eigenvalue weighted by molar-refractivity contribution is 6.31. The van der Waals surface area contributed by atoms with Crippen molar-refractivity contribution in [1.82, 2.24) is 0 Å². The summed E-state index contributed by atoms with van der Waals surface area (Å²) < 4.78 is 0. The molecule has 19 heavy (non-hydrogen) atoms. The molecule has 2 aromatic carbocycles. The number of ketones is 1. The van der Waals surface area contributed by atoms with E-state index in [-0.39, 0.29) is 11.7 Å². The number of hydrogen-bond donors (Lipinski definition) is 1. The molecule has 0 aliphatic carbocycles. The van der Waals surface area contributed by atoms with E-state index in [4.69, 9.17) is 11.6 Å². The van der Waals surface area contributed by atoms with Crippen molar-refractivity contribution < 1.29 is 9.59 Å². The molecule has 0 fully saturated rings. The average Bonchev–Trinajstić information content (AvgIpc) is 2.39. The minimum atomic E-state index is -0.238. The van der Waals surface area contributed by atoms with Gasteiger partial charge in [-0.25, -0.2) is 0 Å². The third kappa shape index (κ3) is 3.42. The van der Waals surface area contributed by atoms with E-state index < -0.39 is 0 Å². The molecule has 0 aromatic heterocycles. The summed E-state index contributed by atoms with van der Waals surface area (Å²) in [5.41, 5.74) is 1.74. The van der Waals surface area contributed by atoms with Crippen molar-refractivity contribution in [3.8, 4) is 0 Å². The summed E-state index contributed by atoms with van der Waals surface area (Å²) in [5.74, 6) is -0.245. The molecule has 3 nitrogen and oxygen atoms in total. The third-order valence-corrected chi connectivity index (χ3v) is 2.87. The first-order chi connectivity index (χ1) is 9.06. The maximum absolute atomic E-state index is 11.9. The molecule has 0 unspecified atom stereocenters. The molecular formula is C15H12ClNO2. The highest BCUT2D eigenvalue weighted by Gasteiger charge is 2.06. The zero-order chi connectivity index (χ0) is 13.8. The fourth-order valence-electron chi connectivity index (χ4n) is 1.62. The van der Waals surface area contributed by atoms with Crippen LogP contribution in [0.5, 0.6) is 0 Å². The maximum atomic E-state index is 11.9. The monoisotopic (exact) mass is 273 g/mol. The molecular weight excluding hydrogens is 262 g/mol. The molecule has 0 saturated heterocycles. The fraction of sp³-hybridized carbons (Fsp3) is 0.0667. The van der Waals surface area contributed by atoms with Gasteiger partial charge in [-0.05, 0) is 49.4 Å². The lowest BCUT2D eigenvalue weighted by molar-refractivity contribution is 0.101. The summed E-state index contributed by atoms with van der Waals surface area (Å²) in [4.78, 5) is 23.1. The Labute approximate surface area is 116 Å². The third-order valence-electron chi connectivity index (χ3n) is 2.64. The second-order valence-electron chi connectivity index (χ2n) is 4.10. The fourth-order valence-corrected chi connectivity index (χ4v) is 1.81. The van der Waals surface area contributed by atoms with Gasteiger partial charge in [-0.3, -0.25) is 9.59 Å². The summed E-state index contributed by atoms with van der Waals surface area (Å²) in [5, 5.41) is 3.26. The van der Waals surface area contributed by atoms with Crippen LogP contribution in [-0.4, -0.2) is 11.7 Å². The minimum absolute atomic E-state index is 0.00674. The highest BCUT2D eigenvalue weighted by atomic mass is 35.5. The first-order valence-corrected chi connectivity index (χ1v) is 6.12. The van der Waals surface area contributed by atoms with Crippen molar-refractivity contribution in [2.45, 2.75) is 6.92 Å². The summed E-state index contributed by atoms with van der Waals surface area (Å²) in [6.45, 7) is 1.50. The van der Waals surface area contributed by atoms with E-state index in [0.717, 1.165) is 0 Å². The Morgan fingerprint density at radius 1 is 1.00 bits per heavy atom. The van der Waals surface area contributed by atoms with E-state index in [2.05, 4.69) is 5.32 Å². The molecule has 4 heteroatoms. The van der Waals surface area contributed by atoms with Crippen molar-refractivity contribution in [3.63, 3.8) is 0 Å². The normalized spacial score (nSPS) is 10.0. The maximum Gasteiger partial charge on any atom is 0.255 e. The van der Waals surface area contributed by atoms with Gasteiger partial charge in [-0.1, -0.05) is 17.7 Å². The van der Waals surface area contributed by atoms with Crippen LogP contribution >= 0.6 is 11.6 Å². The quantitative estimate of drug-likeness (QED) is 0.865. The highest BCUT2D eigenvalue weighted by Crippen LogP contribution is 2.14. The first-order valence-electron chi connectivity index (χ1n) is 5.74. The van der Waals surface area contributed by atoms with Crippen LogP contribution in [0.4, 0.5) is 5.69 Å². The van der Waals surface area contributed by atoms with Gasteiger partial charge in [0.05, 0.1) is 0 Å². The molecule has 1 N–H and O–H groups in total. The number of benzene rings is 2. The van der Waals surface area contributed by atoms with Crippen molar-refractivity contribution in [2.75, 3.05) is 5.32 Å². The number of carbonyl (C=O) groups excluding carboxylic acids is 2. The van der Waals surface area contributed by atoms with Crippen LogP contribution in [0.3, 0.4) is 0 Å². The molecule has 0 radical (unpaired) electrons. The molecule has 0 saturated carbocycles. The predicted octanol–water partition coefficient (Wildman–Crippen LogP) is 3.79.